The predicted octanol–water partition coefficient (Wildman–Crippen LogP) is 2.37. The van der Waals surface area contributed by atoms with E-state index in [1.165, 1.54) is 6.07 Å². The Morgan fingerprint density at radius 1 is 1.31 bits per heavy atom. The third kappa shape index (κ3) is 3.00. The Hall–Kier alpha value is -2.28. The molecule has 0 radical (unpaired) electrons. The van der Waals surface area contributed by atoms with Crippen LogP contribution in [0.5, 0.6) is 0 Å². The molecule has 2 aliphatic rings. The van der Waals surface area contributed by atoms with Crippen molar-refractivity contribution < 1.29 is 13.6 Å². The van der Waals surface area contributed by atoms with Gasteiger partial charge in [0, 0.05) is 23.4 Å². The van der Waals surface area contributed by atoms with Crippen LogP contribution in [0.2, 0.25) is 0 Å². The van der Waals surface area contributed by atoms with Crippen LogP contribution in [0, 0.1) is 17.6 Å². The molecular formula is C19H22F2N4O. The summed E-state index contributed by atoms with van der Waals surface area (Å²) < 4.78 is 28.5. The molecule has 1 fully saturated rings. The molecule has 2 aromatic rings. The van der Waals surface area contributed by atoms with Crippen LogP contribution < -0.4 is 10.6 Å². The number of hydrogen-bond donors (Lipinski definition) is 2. The highest BCUT2D eigenvalue weighted by molar-refractivity contribution is 5.94. The summed E-state index contributed by atoms with van der Waals surface area (Å²) in [6.45, 7) is 3.88. The highest BCUT2D eigenvalue weighted by Crippen LogP contribution is 2.28. The Kier molecular flexibility index (Phi) is 4.48. The van der Waals surface area contributed by atoms with Gasteiger partial charge in [0.25, 0.3) is 5.91 Å². The van der Waals surface area contributed by atoms with Crippen molar-refractivity contribution in [2.45, 2.75) is 38.6 Å². The summed E-state index contributed by atoms with van der Waals surface area (Å²) in [6.07, 6.45) is 3.38. The van der Waals surface area contributed by atoms with Crippen molar-refractivity contribution in [1.29, 1.82) is 0 Å². The van der Waals surface area contributed by atoms with E-state index in [0.29, 0.717) is 17.3 Å². The summed E-state index contributed by atoms with van der Waals surface area (Å²) in [7, 11) is 0. The Morgan fingerprint density at radius 3 is 2.92 bits per heavy atom. The van der Waals surface area contributed by atoms with Gasteiger partial charge in [-0.3, -0.25) is 4.79 Å². The lowest BCUT2D eigenvalue weighted by molar-refractivity contribution is 0.0907. The Labute approximate surface area is 150 Å². The summed E-state index contributed by atoms with van der Waals surface area (Å²) in [6, 6.07) is 3.82. The number of fused-ring (bicyclic) bond motifs is 1. The maximum Gasteiger partial charge on any atom is 0.272 e. The highest BCUT2D eigenvalue weighted by atomic mass is 19.2. The van der Waals surface area contributed by atoms with Gasteiger partial charge in [-0.1, -0.05) is 6.92 Å². The zero-order valence-electron chi connectivity index (χ0n) is 14.7. The zero-order chi connectivity index (χ0) is 18.3. The number of hydrogen-bond acceptors (Lipinski definition) is 3. The molecule has 0 spiro atoms. The van der Waals surface area contributed by atoms with E-state index in [1.807, 2.05) is 0 Å². The second-order valence-corrected chi connectivity index (χ2v) is 7.19. The number of carbonyl (C=O) groups excluding carboxylic acids is 1. The van der Waals surface area contributed by atoms with Crippen molar-refractivity contribution in [2.75, 3.05) is 13.1 Å². The highest BCUT2D eigenvalue weighted by Gasteiger charge is 2.30. The minimum Gasteiger partial charge on any atom is -0.348 e. The molecule has 7 heteroatoms. The third-order valence-corrected chi connectivity index (χ3v) is 5.39. The second-order valence-electron chi connectivity index (χ2n) is 7.19. The van der Waals surface area contributed by atoms with Crippen molar-refractivity contribution in [3.05, 3.63) is 46.8 Å². The summed E-state index contributed by atoms with van der Waals surface area (Å²) >= 11 is 0. The number of nitrogens with one attached hydrogen (secondary N) is 2. The molecule has 0 saturated carbocycles. The van der Waals surface area contributed by atoms with Crippen LogP contribution >= 0.6 is 0 Å². The average molecular weight is 360 g/mol. The smallest absolute Gasteiger partial charge is 0.272 e. The largest absolute Gasteiger partial charge is 0.348 e. The topological polar surface area (TPSA) is 58.9 Å². The number of halogens is 2. The van der Waals surface area contributed by atoms with Crippen LogP contribution in [0.3, 0.4) is 0 Å². The fraction of sp³-hybridized carbons (Fsp3) is 0.474. The minimum atomic E-state index is -0.917. The number of amides is 1. The predicted molar refractivity (Wildman–Crippen MR) is 93.4 cm³/mol. The van der Waals surface area contributed by atoms with E-state index in [9.17, 15) is 13.6 Å². The van der Waals surface area contributed by atoms with E-state index in [-0.39, 0.29) is 11.9 Å². The number of piperidine rings is 1. The summed E-state index contributed by atoms with van der Waals surface area (Å²) in [5.41, 5.74) is 2.69. The summed E-state index contributed by atoms with van der Waals surface area (Å²) in [5, 5.41) is 10.9. The molecule has 26 heavy (non-hydrogen) atoms. The van der Waals surface area contributed by atoms with Gasteiger partial charge in [0.05, 0.1) is 5.69 Å². The number of rotatable bonds is 3. The molecule has 5 nitrogen and oxygen atoms in total. The fourth-order valence-electron chi connectivity index (χ4n) is 3.92. The van der Waals surface area contributed by atoms with Crippen molar-refractivity contribution in [1.82, 2.24) is 20.4 Å². The first-order valence-corrected chi connectivity index (χ1v) is 9.12. The molecule has 1 aliphatic heterocycles. The van der Waals surface area contributed by atoms with Gasteiger partial charge in [0.2, 0.25) is 0 Å². The van der Waals surface area contributed by atoms with E-state index in [4.69, 9.17) is 0 Å². The quantitative estimate of drug-likeness (QED) is 0.884. The lowest BCUT2D eigenvalue weighted by Crippen LogP contribution is -2.48. The molecule has 4 rings (SSSR count). The molecule has 2 atom stereocenters. The molecular weight excluding hydrogens is 338 g/mol. The molecule has 2 N–H and O–H groups in total. The van der Waals surface area contributed by atoms with Crippen LogP contribution in [0.25, 0.3) is 5.69 Å². The fourth-order valence-corrected chi connectivity index (χ4v) is 3.92. The monoisotopic (exact) mass is 360 g/mol. The van der Waals surface area contributed by atoms with Crippen LogP contribution in [0.1, 0.15) is 41.5 Å². The van der Waals surface area contributed by atoms with Gasteiger partial charge < -0.3 is 10.6 Å². The second kappa shape index (κ2) is 6.79. The number of carbonyl (C=O) groups is 1. The molecule has 2 unspecified atom stereocenters. The molecule has 1 amide bonds. The van der Waals surface area contributed by atoms with Crippen LogP contribution in [0.4, 0.5) is 8.78 Å². The lowest BCUT2D eigenvalue weighted by Gasteiger charge is -2.30. The van der Waals surface area contributed by atoms with Gasteiger partial charge in [-0.25, -0.2) is 13.5 Å². The van der Waals surface area contributed by atoms with E-state index in [0.717, 1.165) is 62.2 Å². The SMILES string of the molecule is CC1CNCCC1NC(=O)c1nn(-c2ccc(F)c(F)c2)c2c1CCC2. The molecule has 1 aromatic carbocycles. The Morgan fingerprint density at radius 2 is 2.15 bits per heavy atom. The maximum absolute atomic E-state index is 13.6. The first kappa shape index (κ1) is 17.1. The molecule has 0 bridgehead atoms. The van der Waals surface area contributed by atoms with Gasteiger partial charge in [-0.15, -0.1) is 0 Å². The van der Waals surface area contributed by atoms with Crippen molar-refractivity contribution in [2.24, 2.45) is 5.92 Å². The van der Waals surface area contributed by atoms with Gasteiger partial charge in [-0.05, 0) is 56.8 Å². The van der Waals surface area contributed by atoms with Crippen molar-refractivity contribution in [3.63, 3.8) is 0 Å². The maximum atomic E-state index is 13.6. The van der Waals surface area contributed by atoms with E-state index >= 15 is 0 Å². The Balaban J connectivity index is 1.65. The number of nitrogens with zero attached hydrogens (tertiary/aromatic N) is 2. The number of aromatic nitrogens is 2. The molecule has 2 heterocycles. The standard InChI is InChI=1S/C19H22F2N4O/c1-11-10-22-8-7-16(11)23-19(26)18-13-3-2-4-17(13)25(24-18)12-5-6-14(20)15(21)9-12/h5-6,9,11,16,22H,2-4,7-8,10H2,1H3,(H,23,26). The summed E-state index contributed by atoms with van der Waals surface area (Å²) in [5.74, 6) is -1.63. The van der Waals surface area contributed by atoms with Crippen LogP contribution in [-0.4, -0.2) is 34.8 Å². The number of benzene rings is 1. The van der Waals surface area contributed by atoms with Gasteiger partial charge >= 0.3 is 0 Å². The average Bonchev–Trinajstić information content (AvgIpc) is 3.22. The van der Waals surface area contributed by atoms with Gasteiger partial charge in [-0.2, -0.15) is 5.10 Å². The van der Waals surface area contributed by atoms with Crippen LogP contribution in [0.15, 0.2) is 18.2 Å². The molecule has 1 aliphatic carbocycles. The summed E-state index contributed by atoms with van der Waals surface area (Å²) in [4.78, 5) is 12.8. The molecule has 1 aromatic heterocycles. The van der Waals surface area contributed by atoms with Gasteiger partial charge in [0.1, 0.15) is 0 Å². The van der Waals surface area contributed by atoms with Gasteiger partial charge in [0.15, 0.2) is 17.3 Å². The molecule has 1 saturated heterocycles. The van der Waals surface area contributed by atoms with Crippen molar-refractivity contribution >= 4 is 5.91 Å². The zero-order valence-corrected chi connectivity index (χ0v) is 14.7. The third-order valence-electron chi connectivity index (χ3n) is 5.39. The Bertz CT molecular complexity index is 848. The first-order chi connectivity index (χ1) is 12.5. The minimum absolute atomic E-state index is 0.120. The first-order valence-electron chi connectivity index (χ1n) is 9.12. The van der Waals surface area contributed by atoms with E-state index < -0.39 is 11.6 Å². The lowest BCUT2D eigenvalue weighted by atomic mass is 9.95. The van der Waals surface area contributed by atoms with E-state index in [2.05, 4.69) is 22.7 Å². The van der Waals surface area contributed by atoms with Crippen LogP contribution in [-0.2, 0) is 12.8 Å². The van der Waals surface area contributed by atoms with Crippen molar-refractivity contribution in [3.8, 4) is 5.69 Å². The normalized spacial score (nSPS) is 22.3. The molecule has 138 valence electrons. The van der Waals surface area contributed by atoms with E-state index in [1.54, 1.807) is 4.68 Å².